The zero-order valence-electron chi connectivity index (χ0n) is 11.7. The number of nitrogens with zero attached hydrogens (tertiary/aromatic N) is 1. The van der Waals surface area contributed by atoms with Crippen LogP contribution >= 0.6 is 0 Å². The van der Waals surface area contributed by atoms with Gasteiger partial charge in [-0.1, -0.05) is 18.5 Å². The molecule has 102 valence electrons. The highest BCUT2D eigenvalue weighted by Crippen LogP contribution is 2.18. The van der Waals surface area contributed by atoms with Crippen LogP contribution in [0.3, 0.4) is 0 Å². The number of nitrogens with one attached hydrogen (secondary N) is 1. The Balaban J connectivity index is 2.74. The second-order valence-corrected chi connectivity index (χ2v) is 5.01. The van der Waals surface area contributed by atoms with E-state index in [0.29, 0.717) is 12.2 Å². The number of carbonyl (C=O) groups is 1. The van der Waals surface area contributed by atoms with Crippen molar-refractivity contribution >= 4 is 5.91 Å². The normalized spacial score (nSPS) is 16.1. The van der Waals surface area contributed by atoms with Gasteiger partial charge in [0, 0.05) is 5.56 Å². The fraction of sp³-hybridized carbons (Fsp3) is 0.692. The summed E-state index contributed by atoms with van der Waals surface area (Å²) >= 11 is 0. The number of amides is 1. The molecule has 0 aliphatic heterocycles. The lowest BCUT2D eigenvalue weighted by Gasteiger charge is -2.30. The molecule has 1 aromatic heterocycles. The summed E-state index contributed by atoms with van der Waals surface area (Å²) in [6.07, 6.45) is 1.49. The fourth-order valence-electron chi connectivity index (χ4n) is 1.77. The Morgan fingerprint density at radius 2 is 2.17 bits per heavy atom. The molecule has 0 aliphatic rings. The maximum Gasteiger partial charge on any atom is 0.274 e. The fourth-order valence-corrected chi connectivity index (χ4v) is 1.77. The molecule has 2 N–H and O–H groups in total. The van der Waals surface area contributed by atoms with E-state index in [0.717, 1.165) is 12.0 Å². The van der Waals surface area contributed by atoms with E-state index in [1.54, 1.807) is 27.7 Å². The molecule has 1 amide bonds. The number of aromatic nitrogens is 1. The van der Waals surface area contributed by atoms with E-state index < -0.39 is 5.60 Å². The van der Waals surface area contributed by atoms with Crippen molar-refractivity contribution in [2.75, 3.05) is 0 Å². The van der Waals surface area contributed by atoms with Gasteiger partial charge in [0.2, 0.25) is 0 Å². The Hall–Kier alpha value is -1.36. The Kier molecular flexibility index (Phi) is 4.51. The summed E-state index contributed by atoms with van der Waals surface area (Å²) in [4.78, 5) is 12.0. The molecule has 1 rings (SSSR count). The third kappa shape index (κ3) is 3.10. The van der Waals surface area contributed by atoms with Crippen LogP contribution in [-0.2, 0) is 0 Å². The van der Waals surface area contributed by atoms with Crippen LogP contribution in [0.4, 0.5) is 0 Å². The van der Waals surface area contributed by atoms with Crippen LogP contribution in [0.5, 0.6) is 0 Å². The lowest BCUT2D eigenvalue weighted by atomic mass is 9.92. The minimum atomic E-state index is -0.920. The quantitative estimate of drug-likeness (QED) is 0.842. The van der Waals surface area contributed by atoms with Crippen LogP contribution in [0.25, 0.3) is 0 Å². The van der Waals surface area contributed by atoms with Crippen LogP contribution in [0.15, 0.2) is 4.52 Å². The molecule has 1 heterocycles. The van der Waals surface area contributed by atoms with Crippen LogP contribution < -0.4 is 5.32 Å². The molecule has 18 heavy (non-hydrogen) atoms. The maximum absolute atomic E-state index is 12.0. The summed E-state index contributed by atoms with van der Waals surface area (Å²) in [5, 5.41) is 16.7. The van der Waals surface area contributed by atoms with Gasteiger partial charge in [0.1, 0.15) is 5.76 Å². The van der Waals surface area contributed by atoms with Crippen molar-refractivity contribution in [1.82, 2.24) is 10.5 Å². The van der Waals surface area contributed by atoms with E-state index in [4.69, 9.17) is 4.52 Å². The first kappa shape index (κ1) is 14.7. The molecule has 5 heteroatoms. The highest BCUT2D eigenvalue weighted by Gasteiger charge is 2.30. The van der Waals surface area contributed by atoms with Crippen molar-refractivity contribution in [3.05, 3.63) is 17.0 Å². The first-order valence-corrected chi connectivity index (χ1v) is 6.25. The molecule has 0 spiro atoms. The minimum Gasteiger partial charge on any atom is -0.388 e. The third-order valence-corrected chi connectivity index (χ3v) is 3.41. The number of aliphatic hydroxyl groups is 1. The first-order valence-electron chi connectivity index (χ1n) is 6.25. The molecule has 0 radical (unpaired) electrons. The third-order valence-electron chi connectivity index (χ3n) is 3.41. The molecule has 0 fully saturated rings. The second kappa shape index (κ2) is 5.52. The zero-order valence-corrected chi connectivity index (χ0v) is 11.7. The number of rotatable bonds is 5. The summed E-state index contributed by atoms with van der Waals surface area (Å²) in [5.74, 6) is 0.321. The summed E-state index contributed by atoms with van der Waals surface area (Å²) in [5.41, 5.74) is 0.0957. The van der Waals surface area contributed by atoms with Crippen molar-refractivity contribution in [2.45, 2.75) is 59.1 Å². The van der Waals surface area contributed by atoms with Crippen molar-refractivity contribution in [3.8, 4) is 0 Å². The lowest BCUT2D eigenvalue weighted by molar-refractivity contribution is 0.0162. The highest BCUT2D eigenvalue weighted by molar-refractivity contribution is 5.93. The van der Waals surface area contributed by atoms with Crippen molar-refractivity contribution in [1.29, 1.82) is 0 Å². The van der Waals surface area contributed by atoms with E-state index in [-0.39, 0.29) is 17.6 Å². The predicted molar refractivity (Wildman–Crippen MR) is 68.4 cm³/mol. The molecule has 5 nitrogen and oxygen atoms in total. The summed E-state index contributed by atoms with van der Waals surface area (Å²) in [6, 6.07) is -0.346. The standard InChI is InChI=1S/C13H22N2O3/c1-6-7-13(5,17)10(4)14-12(16)11-8(2)9(3)18-15-11/h10,17H,6-7H2,1-5H3,(H,14,16). The topological polar surface area (TPSA) is 75.4 Å². The van der Waals surface area contributed by atoms with Crippen molar-refractivity contribution in [2.24, 2.45) is 0 Å². The molecular formula is C13H22N2O3. The summed E-state index contributed by atoms with van der Waals surface area (Å²) in [6.45, 7) is 9.05. The zero-order chi connectivity index (χ0) is 13.9. The van der Waals surface area contributed by atoms with E-state index in [2.05, 4.69) is 10.5 Å². The van der Waals surface area contributed by atoms with Gasteiger partial charge in [0.25, 0.3) is 5.91 Å². The Morgan fingerprint density at radius 3 is 2.61 bits per heavy atom. The monoisotopic (exact) mass is 254 g/mol. The summed E-state index contributed by atoms with van der Waals surface area (Å²) < 4.78 is 4.96. The first-order chi connectivity index (χ1) is 8.29. The van der Waals surface area contributed by atoms with Crippen LogP contribution in [0, 0.1) is 13.8 Å². The Labute approximate surface area is 108 Å². The molecule has 2 unspecified atom stereocenters. The highest BCUT2D eigenvalue weighted by atomic mass is 16.5. The Morgan fingerprint density at radius 1 is 1.56 bits per heavy atom. The smallest absolute Gasteiger partial charge is 0.274 e. The average molecular weight is 254 g/mol. The lowest BCUT2D eigenvalue weighted by Crippen LogP contribution is -2.49. The minimum absolute atomic E-state index is 0.284. The SMILES string of the molecule is CCCC(C)(O)C(C)NC(=O)c1noc(C)c1C. The van der Waals surface area contributed by atoms with Gasteiger partial charge < -0.3 is 14.9 Å². The molecule has 1 aromatic rings. The predicted octanol–water partition coefficient (Wildman–Crippen LogP) is 1.96. The van der Waals surface area contributed by atoms with Crippen LogP contribution in [-0.4, -0.2) is 27.8 Å². The summed E-state index contributed by atoms with van der Waals surface area (Å²) in [7, 11) is 0. The molecular weight excluding hydrogens is 232 g/mol. The molecule has 0 bridgehead atoms. The average Bonchev–Trinajstić information content (AvgIpc) is 2.59. The van der Waals surface area contributed by atoms with Gasteiger partial charge in [-0.25, -0.2) is 0 Å². The van der Waals surface area contributed by atoms with Gasteiger partial charge in [-0.05, 0) is 34.1 Å². The molecule has 0 saturated carbocycles. The number of carbonyl (C=O) groups excluding carboxylic acids is 1. The van der Waals surface area contributed by atoms with Gasteiger partial charge in [0.15, 0.2) is 5.69 Å². The van der Waals surface area contributed by atoms with E-state index >= 15 is 0 Å². The van der Waals surface area contributed by atoms with E-state index in [1.807, 2.05) is 6.92 Å². The molecule has 0 saturated heterocycles. The van der Waals surface area contributed by atoms with Gasteiger partial charge in [-0.3, -0.25) is 4.79 Å². The van der Waals surface area contributed by atoms with E-state index in [9.17, 15) is 9.90 Å². The van der Waals surface area contributed by atoms with Gasteiger partial charge in [-0.15, -0.1) is 0 Å². The maximum atomic E-state index is 12.0. The molecule has 0 aliphatic carbocycles. The van der Waals surface area contributed by atoms with Crippen molar-refractivity contribution in [3.63, 3.8) is 0 Å². The van der Waals surface area contributed by atoms with Crippen LogP contribution in [0.1, 0.15) is 55.4 Å². The Bertz CT molecular complexity index is 424. The second-order valence-electron chi connectivity index (χ2n) is 5.01. The molecule has 0 aromatic carbocycles. The largest absolute Gasteiger partial charge is 0.388 e. The molecule has 2 atom stereocenters. The van der Waals surface area contributed by atoms with Crippen molar-refractivity contribution < 1.29 is 14.4 Å². The van der Waals surface area contributed by atoms with Gasteiger partial charge >= 0.3 is 0 Å². The van der Waals surface area contributed by atoms with E-state index in [1.165, 1.54) is 0 Å². The van der Waals surface area contributed by atoms with Gasteiger partial charge in [-0.2, -0.15) is 0 Å². The number of aryl methyl sites for hydroxylation is 1. The number of hydrogen-bond acceptors (Lipinski definition) is 4. The number of hydrogen-bond donors (Lipinski definition) is 2. The van der Waals surface area contributed by atoms with Crippen LogP contribution in [0.2, 0.25) is 0 Å². The van der Waals surface area contributed by atoms with Gasteiger partial charge in [0.05, 0.1) is 11.6 Å².